The van der Waals surface area contributed by atoms with E-state index in [9.17, 15) is 0 Å². The number of halogens is 1. The lowest BCUT2D eigenvalue weighted by Crippen LogP contribution is -2.09. The molecule has 0 aliphatic carbocycles. The Morgan fingerprint density at radius 1 is 0.556 bits per heavy atom. The van der Waals surface area contributed by atoms with Crippen LogP contribution in [0.1, 0.15) is 0 Å². The second kappa shape index (κ2) is 6.49. The van der Waals surface area contributed by atoms with Crippen LogP contribution in [-0.4, -0.2) is 0 Å². The maximum Gasteiger partial charge on any atom is 0.135 e. The number of para-hydroxylation sites is 2. The van der Waals surface area contributed by atoms with Gasteiger partial charge in [-0.25, -0.2) is 0 Å². The Morgan fingerprint density at radius 2 is 1.26 bits per heavy atom. The summed E-state index contributed by atoms with van der Waals surface area (Å²) in [6.45, 7) is 0. The Labute approximate surface area is 162 Å². The van der Waals surface area contributed by atoms with Crippen molar-refractivity contribution in [2.75, 3.05) is 4.90 Å². The van der Waals surface area contributed by atoms with Crippen LogP contribution in [0, 0.1) is 0 Å². The fourth-order valence-corrected chi connectivity index (χ4v) is 3.68. The van der Waals surface area contributed by atoms with Crippen molar-refractivity contribution in [1.82, 2.24) is 0 Å². The molecule has 0 radical (unpaired) electrons. The molecule has 2 nitrogen and oxygen atoms in total. The number of benzene rings is 4. The lowest BCUT2D eigenvalue weighted by atomic mass is 10.1. The third-order valence-corrected chi connectivity index (χ3v) is 4.93. The van der Waals surface area contributed by atoms with Crippen molar-refractivity contribution in [3.63, 3.8) is 0 Å². The quantitative estimate of drug-likeness (QED) is 0.324. The SMILES string of the molecule is Clc1cccc(N(c2ccccc2)c2ccc3oc4ccccc4c3c2)c1. The van der Waals surface area contributed by atoms with Gasteiger partial charge >= 0.3 is 0 Å². The molecule has 0 bridgehead atoms. The van der Waals surface area contributed by atoms with E-state index in [1.165, 1.54) is 0 Å². The summed E-state index contributed by atoms with van der Waals surface area (Å²) in [7, 11) is 0. The van der Waals surface area contributed by atoms with Gasteiger partial charge in [-0.1, -0.05) is 54.1 Å². The van der Waals surface area contributed by atoms with E-state index in [0.29, 0.717) is 5.02 Å². The fraction of sp³-hybridized carbons (Fsp3) is 0. The van der Waals surface area contributed by atoms with Gasteiger partial charge in [-0.05, 0) is 54.6 Å². The van der Waals surface area contributed by atoms with Crippen molar-refractivity contribution in [2.45, 2.75) is 0 Å². The van der Waals surface area contributed by atoms with Gasteiger partial charge in [0.15, 0.2) is 0 Å². The highest BCUT2D eigenvalue weighted by molar-refractivity contribution is 6.30. The molecule has 0 atom stereocenters. The van der Waals surface area contributed by atoms with E-state index in [1.54, 1.807) is 0 Å². The third kappa shape index (κ3) is 2.84. The molecule has 5 aromatic rings. The molecule has 3 heteroatoms. The molecular formula is C24H16ClNO. The van der Waals surface area contributed by atoms with E-state index in [1.807, 2.05) is 60.7 Å². The van der Waals surface area contributed by atoms with Crippen LogP contribution in [0.4, 0.5) is 17.1 Å². The first-order chi connectivity index (χ1) is 13.3. The average Bonchev–Trinajstić information content (AvgIpc) is 3.07. The predicted molar refractivity (Wildman–Crippen MR) is 113 cm³/mol. The zero-order chi connectivity index (χ0) is 18.2. The van der Waals surface area contributed by atoms with Crippen LogP contribution in [0.3, 0.4) is 0 Å². The lowest BCUT2D eigenvalue weighted by molar-refractivity contribution is 0.669. The van der Waals surface area contributed by atoms with Crippen LogP contribution >= 0.6 is 11.6 Å². The minimum absolute atomic E-state index is 0.711. The van der Waals surface area contributed by atoms with Gasteiger partial charge in [0, 0.05) is 32.9 Å². The van der Waals surface area contributed by atoms with E-state index < -0.39 is 0 Å². The number of anilines is 3. The first-order valence-corrected chi connectivity index (χ1v) is 9.19. The summed E-state index contributed by atoms with van der Waals surface area (Å²) in [6.07, 6.45) is 0. The van der Waals surface area contributed by atoms with E-state index in [0.717, 1.165) is 39.0 Å². The van der Waals surface area contributed by atoms with Crippen LogP contribution in [0.25, 0.3) is 21.9 Å². The number of hydrogen-bond acceptors (Lipinski definition) is 2. The van der Waals surface area contributed by atoms with Gasteiger partial charge in [-0.3, -0.25) is 0 Å². The Balaban J connectivity index is 1.75. The van der Waals surface area contributed by atoms with Crippen LogP contribution < -0.4 is 4.90 Å². The number of hydrogen-bond donors (Lipinski definition) is 0. The lowest BCUT2D eigenvalue weighted by Gasteiger charge is -2.25. The molecule has 1 aromatic heterocycles. The van der Waals surface area contributed by atoms with Crippen molar-refractivity contribution in [2.24, 2.45) is 0 Å². The average molecular weight is 370 g/mol. The first-order valence-electron chi connectivity index (χ1n) is 8.82. The van der Waals surface area contributed by atoms with E-state index in [4.69, 9.17) is 16.0 Å². The molecule has 0 N–H and O–H groups in total. The Bertz CT molecular complexity index is 1240. The van der Waals surface area contributed by atoms with Gasteiger partial charge in [0.25, 0.3) is 0 Å². The van der Waals surface area contributed by atoms with E-state index in [-0.39, 0.29) is 0 Å². The number of nitrogens with zero attached hydrogens (tertiary/aromatic N) is 1. The van der Waals surface area contributed by atoms with Gasteiger partial charge < -0.3 is 9.32 Å². The monoisotopic (exact) mass is 369 g/mol. The van der Waals surface area contributed by atoms with Crippen molar-refractivity contribution >= 4 is 50.6 Å². The molecule has 0 saturated carbocycles. The molecule has 0 saturated heterocycles. The van der Waals surface area contributed by atoms with Crippen molar-refractivity contribution in [1.29, 1.82) is 0 Å². The van der Waals surface area contributed by atoms with Crippen LogP contribution in [0.5, 0.6) is 0 Å². The molecule has 0 spiro atoms. The van der Waals surface area contributed by atoms with Gasteiger partial charge in [0.1, 0.15) is 11.2 Å². The zero-order valence-corrected chi connectivity index (χ0v) is 15.2. The Morgan fingerprint density at radius 3 is 2.11 bits per heavy atom. The second-order valence-electron chi connectivity index (χ2n) is 6.43. The number of furan rings is 1. The smallest absolute Gasteiger partial charge is 0.135 e. The summed E-state index contributed by atoms with van der Waals surface area (Å²) in [4.78, 5) is 2.20. The molecule has 1 heterocycles. The first kappa shape index (κ1) is 16.0. The van der Waals surface area contributed by atoms with Gasteiger partial charge in [-0.2, -0.15) is 0 Å². The standard InChI is InChI=1S/C24H16ClNO/c25-17-7-6-10-19(15-17)26(18-8-2-1-3-9-18)20-13-14-24-22(16-20)21-11-4-5-12-23(21)27-24/h1-16H. The van der Waals surface area contributed by atoms with Crippen molar-refractivity contribution < 1.29 is 4.42 Å². The minimum atomic E-state index is 0.711. The molecule has 0 aliphatic rings. The van der Waals surface area contributed by atoms with Gasteiger partial charge in [-0.15, -0.1) is 0 Å². The predicted octanol–water partition coefficient (Wildman–Crippen LogP) is 7.71. The number of fused-ring (bicyclic) bond motifs is 3. The molecular weight excluding hydrogens is 354 g/mol. The van der Waals surface area contributed by atoms with E-state index >= 15 is 0 Å². The molecule has 0 amide bonds. The summed E-state index contributed by atoms with van der Waals surface area (Å²) in [6, 6.07) is 32.6. The Kier molecular flexibility index (Phi) is 3.84. The van der Waals surface area contributed by atoms with Crippen molar-refractivity contribution in [3.8, 4) is 0 Å². The molecule has 0 unspecified atom stereocenters. The normalized spacial score (nSPS) is 11.1. The largest absolute Gasteiger partial charge is 0.456 e. The highest BCUT2D eigenvalue weighted by Gasteiger charge is 2.15. The molecule has 27 heavy (non-hydrogen) atoms. The van der Waals surface area contributed by atoms with Gasteiger partial charge in [0.05, 0.1) is 0 Å². The van der Waals surface area contributed by atoms with Crippen LogP contribution in [-0.2, 0) is 0 Å². The summed E-state index contributed by atoms with van der Waals surface area (Å²) in [5.41, 5.74) is 4.94. The third-order valence-electron chi connectivity index (χ3n) is 4.70. The van der Waals surface area contributed by atoms with Crippen molar-refractivity contribution in [3.05, 3.63) is 102 Å². The minimum Gasteiger partial charge on any atom is -0.456 e. The summed E-state index contributed by atoms with van der Waals surface area (Å²) >= 11 is 6.28. The second-order valence-corrected chi connectivity index (χ2v) is 6.87. The molecule has 0 aliphatic heterocycles. The molecule has 5 rings (SSSR count). The summed E-state index contributed by atoms with van der Waals surface area (Å²) in [5, 5.41) is 2.93. The maximum atomic E-state index is 6.28. The molecule has 130 valence electrons. The van der Waals surface area contributed by atoms with E-state index in [2.05, 4.69) is 41.3 Å². The highest BCUT2D eigenvalue weighted by Crippen LogP contribution is 2.38. The summed E-state index contributed by atoms with van der Waals surface area (Å²) < 4.78 is 5.98. The highest BCUT2D eigenvalue weighted by atomic mass is 35.5. The molecule has 0 fully saturated rings. The zero-order valence-electron chi connectivity index (χ0n) is 14.5. The van der Waals surface area contributed by atoms with Crippen LogP contribution in [0.2, 0.25) is 5.02 Å². The maximum absolute atomic E-state index is 6.28. The van der Waals surface area contributed by atoms with Crippen LogP contribution in [0.15, 0.2) is 101 Å². The summed E-state index contributed by atoms with van der Waals surface area (Å²) in [5.74, 6) is 0. The topological polar surface area (TPSA) is 16.4 Å². The molecule has 4 aromatic carbocycles. The van der Waals surface area contributed by atoms with Gasteiger partial charge in [0.2, 0.25) is 0 Å². The fourth-order valence-electron chi connectivity index (χ4n) is 3.49. The number of rotatable bonds is 3. The Hall–Kier alpha value is -3.23.